The van der Waals surface area contributed by atoms with Crippen molar-refractivity contribution in [3.05, 3.63) is 78.4 Å². The fourth-order valence-corrected chi connectivity index (χ4v) is 2.82. The van der Waals surface area contributed by atoms with Gasteiger partial charge in [-0.3, -0.25) is 9.78 Å². The van der Waals surface area contributed by atoms with Crippen LogP contribution in [0.2, 0.25) is 0 Å². The second-order valence-corrected chi connectivity index (χ2v) is 5.48. The maximum atomic E-state index is 13.0. The number of nitrogens with zero attached hydrogens (tertiary/aromatic N) is 3. The van der Waals surface area contributed by atoms with E-state index >= 15 is 0 Å². The largest absolute Gasteiger partial charge is 0.455 e. The van der Waals surface area contributed by atoms with Gasteiger partial charge < -0.3 is 9.64 Å². The van der Waals surface area contributed by atoms with E-state index in [2.05, 4.69) is 9.97 Å². The molecule has 0 radical (unpaired) electrons. The van der Waals surface area contributed by atoms with Crippen molar-refractivity contribution in [3.8, 4) is 11.5 Å². The van der Waals surface area contributed by atoms with Crippen molar-refractivity contribution in [2.75, 3.05) is 11.4 Å². The molecule has 0 saturated carbocycles. The lowest BCUT2D eigenvalue weighted by Crippen LogP contribution is -2.30. The molecule has 0 spiro atoms. The van der Waals surface area contributed by atoms with Gasteiger partial charge in [-0.15, -0.1) is 0 Å². The number of ether oxygens (including phenoxy) is 1. The van der Waals surface area contributed by atoms with Gasteiger partial charge in [-0.05, 0) is 42.3 Å². The van der Waals surface area contributed by atoms with Crippen LogP contribution in [0.3, 0.4) is 0 Å². The van der Waals surface area contributed by atoms with Crippen LogP contribution in [0.5, 0.6) is 11.5 Å². The minimum atomic E-state index is -0.161. The number of hydrogen-bond donors (Lipinski definition) is 0. The molecule has 3 aromatic rings. The minimum Gasteiger partial charge on any atom is -0.455 e. The zero-order valence-corrected chi connectivity index (χ0v) is 12.9. The van der Waals surface area contributed by atoms with Crippen LogP contribution in [0.1, 0.15) is 16.1 Å². The number of benzene rings is 1. The monoisotopic (exact) mass is 317 g/mol. The van der Waals surface area contributed by atoms with Crippen molar-refractivity contribution in [1.29, 1.82) is 0 Å². The van der Waals surface area contributed by atoms with Crippen LogP contribution >= 0.6 is 0 Å². The number of carbonyl (C=O) groups excluding carboxylic acids is 1. The molecule has 0 bridgehead atoms. The summed E-state index contributed by atoms with van der Waals surface area (Å²) in [5, 5.41) is 0. The summed E-state index contributed by atoms with van der Waals surface area (Å²) < 4.78 is 5.86. The molecular weight excluding hydrogens is 302 g/mol. The van der Waals surface area contributed by atoms with E-state index in [9.17, 15) is 4.79 Å². The molecule has 0 unspecified atom stereocenters. The molecule has 1 amide bonds. The molecule has 5 heteroatoms. The van der Waals surface area contributed by atoms with Gasteiger partial charge in [0.05, 0.1) is 5.69 Å². The number of aromatic nitrogens is 2. The van der Waals surface area contributed by atoms with Gasteiger partial charge in [-0.1, -0.05) is 18.2 Å². The Hall–Kier alpha value is -3.21. The summed E-state index contributed by atoms with van der Waals surface area (Å²) in [6, 6.07) is 14.8. The Kier molecular flexibility index (Phi) is 3.67. The fraction of sp³-hybridized carbons (Fsp3) is 0.105. The summed E-state index contributed by atoms with van der Waals surface area (Å²) in [7, 11) is 0. The molecule has 0 fully saturated rings. The van der Waals surface area contributed by atoms with Gasteiger partial charge in [-0.2, -0.15) is 0 Å². The second-order valence-electron chi connectivity index (χ2n) is 5.48. The third-order valence-electron chi connectivity index (χ3n) is 3.96. The van der Waals surface area contributed by atoms with Crippen LogP contribution in [0, 0.1) is 0 Å². The second kappa shape index (κ2) is 6.12. The zero-order valence-electron chi connectivity index (χ0n) is 12.9. The topological polar surface area (TPSA) is 55.3 Å². The summed E-state index contributed by atoms with van der Waals surface area (Å²) >= 11 is 0. The molecule has 0 saturated heterocycles. The fourth-order valence-electron chi connectivity index (χ4n) is 2.82. The van der Waals surface area contributed by atoms with Gasteiger partial charge in [0.1, 0.15) is 5.75 Å². The number of pyridine rings is 2. The first kappa shape index (κ1) is 14.4. The molecule has 5 nitrogen and oxygen atoms in total. The predicted molar refractivity (Wildman–Crippen MR) is 90.4 cm³/mol. The molecule has 0 N–H and O–H groups in total. The maximum Gasteiger partial charge on any atom is 0.280 e. The molecule has 0 aliphatic carbocycles. The predicted octanol–water partition coefficient (Wildman–Crippen LogP) is 3.47. The number of fused-ring (bicyclic) bond motifs is 1. The highest BCUT2D eigenvalue weighted by molar-refractivity contribution is 6.07. The van der Waals surface area contributed by atoms with Crippen molar-refractivity contribution in [2.45, 2.75) is 6.42 Å². The van der Waals surface area contributed by atoms with Crippen LogP contribution in [0.15, 0.2) is 67.1 Å². The third kappa shape index (κ3) is 2.60. The molecular formula is C19H15N3O2. The first-order valence-electron chi connectivity index (χ1n) is 7.75. The molecule has 118 valence electrons. The van der Waals surface area contributed by atoms with Crippen molar-refractivity contribution >= 4 is 11.6 Å². The van der Waals surface area contributed by atoms with Gasteiger partial charge in [0.15, 0.2) is 11.4 Å². The highest BCUT2D eigenvalue weighted by Crippen LogP contribution is 2.31. The lowest BCUT2D eigenvalue weighted by molar-refractivity contribution is 0.0982. The molecule has 4 rings (SSSR count). The van der Waals surface area contributed by atoms with Gasteiger partial charge in [0.2, 0.25) is 0 Å². The van der Waals surface area contributed by atoms with Crippen LogP contribution < -0.4 is 9.64 Å². The number of hydrogen-bond acceptors (Lipinski definition) is 4. The van der Waals surface area contributed by atoms with E-state index in [-0.39, 0.29) is 5.91 Å². The Morgan fingerprint density at radius 2 is 1.92 bits per heavy atom. The number of amides is 1. The molecule has 1 aliphatic rings. The van der Waals surface area contributed by atoms with Crippen LogP contribution in [0.4, 0.5) is 5.69 Å². The molecule has 1 aliphatic heterocycles. The Morgan fingerprint density at radius 1 is 1.04 bits per heavy atom. The lowest BCUT2D eigenvalue weighted by atomic mass is 10.2. The molecule has 1 aromatic carbocycles. The van der Waals surface area contributed by atoms with Crippen molar-refractivity contribution < 1.29 is 9.53 Å². The van der Waals surface area contributed by atoms with E-state index in [4.69, 9.17) is 4.74 Å². The van der Waals surface area contributed by atoms with Crippen LogP contribution in [-0.4, -0.2) is 22.4 Å². The first-order chi connectivity index (χ1) is 11.8. The molecule has 0 atom stereocenters. The van der Waals surface area contributed by atoms with Crippen LogP contribution in [-0.2, 0) is 6.42 Å². The Balaban J connectivity index is 1.66. The zero-order chi connectivity index (χ0) is 16.4. The summed E-state index contributed by atoms with van der Waals surface area (Å²) in [5.74, 6) is 0.966. The van der Waals surface area contributed by atoms with Crippen LogP contribution in [0.25, 0.3) is 0 Å². The van der Waals surface area contributed by atoms with Gasteiger partial charge in [-0.25, -0.2) is 4.98 Å². The van der Waals surface area contributed by atoms with E-state index < -0.39 is 0 Å². The number of carbonyl (C=O) groups is 1. The quantitative estimate of drug-likeness (QED) is 0.742. The average molecular weight is 317 g/mol. The Morgan fingerprint density at radius 3 is 2.79 bits per heavy atom. The summed E-state index contributed by atoms with van der Waals surface area (Å²) in [6.07, 6.45) is 5.91. The average Bonchev–Trinajstić information content (AvgIpc) is 3.07. The van der Waals surface area contributed by atoms with E-state index in [0.29, 0.717) is 23.7 Å². The van der Waals surface area contributed by atoms with E-state index in [0.717, 1.165) is 17.7 Å². The van der Waals surface area contributed by atoms with Gasteiger partial charge >= 0.3 is 0 Å². The summed E-state index contributed by atoms with van der Waals surface area (Å²) in [6.45, 7) is 0.626. The van der Waals surface area contributed by atoms with Crippen molar-refractivity contribution in [1.82, 2.24) is 9.97 Å². The number of anilines is 1. The van der Waals surface area contributed by atoms with Gasteiger partial charge in [0.25, 0.3) is 5.91 Å². The van der Waals surface area contributed by atoms with E-state index in [1.807, 2.05) is 42.6 Å². The highest BCUT2D eigenvalue weighted by atomic mass is 16.5. The Bertz CT molecular complexity index is 881. The lowest BCUT2D eigenvalue weighted by Gasteiger charge is -2.18. The summed E-state index contributed by atoms with van der Waals surface area (Å²) in [4.78, 5) is 23.1. The number of rotatable bonds is 3. The molecule has 3 heterocycles. The highest BCUT2D eigenvalue weighted by Gasteiger charge is 2.28. The Labute approximate surface area is 139 Å². The molecule has 2 aromatic heterocycles. The molecule has 24 heavy (non-hydrogen) atoms. The van der Waals surface area contributed by atoms with Crippen molar-refractivity contribution in [2.24, 2.45) is 0 Å². The standard InChI is InChI=1S/C19H15N3O2/c23-19(22-12-9-14-13-20-11-8-16(14)22)18-17(7-4-10-21-18)24-15-5-2-1-3-6-15/h1-8,10-11,13H,9,12H2. The normalized spacial score (nSPS) is 12.8. The van der Waals surface area contributed by atoms with E-state index in [1.54, 1.807) is 29.4 Å². The minimum absolute atomic E-state index is 0.161. The third-order valence-corrected chi connectivity index (χ3v) is 3.96. The number of para-hydroxylation sites is 1. The van der Waals surface area contributed by atoms with Gasteiger partial charge in [0, 0.05) is 25.1 Å². The summed E-state index contributed by atoms with van der Waals surface area (Å²) in [5.41, 5.74) is 2.28. The SMILES string of the molecule is O=C(c1ncccc1Oc1ccccc1)N1CCc2cnccc21. The van der Waals surface area contributed by atoms with E-state index in [1.165, 1.54) is 0 Å². The maximum absolute atomic E-state index is 13.0. The smallest absolute Gasteiger partial charge is 0.280 e. The first-order valence-corrected chi connectivity index (χ1v) is 7.75. The van der Waals surface area contributed by atoms with Crippen molar-refractivity contribution in [3.63, 3.8) is 0 Å².